The van der Waals surface area contributed by atoms with E-state index in [4.69, 9.17) is 4.74 Å². The van der Waals surface area contributed by atoms with Gasteiger partial charge >= 0.3 is 0 Å². The largest absolute Gasteiger partial charge is 0.378 e. The van der Waals surface area contributed by atoms with Crippen molar-refractivity contribution in [2.24, 2.45) is 5.92 Å². The number of carbonyl (C=O) groups excluding carboxylic acids is 2. The summed E-state index contributed by atoms with van der Waals surface area (Å²) in [6.07, 6.45) is 5.25. The van der Waals surface area contributed by atoms with E-state index in [0.717, 1.165) is 65.0 Å². The first-order chi connectivity index (χ1) is 11.7. The minimum atomic E-state index is -0.0532. The number of hydrogen-bond acceptors (Lipinski definition) is 4. The topological polar surface area (TPSA) is 53.1 Å². The van der Waals surface area contributed by atoms with Crippen LogP contribution in [0, 0.1) is 5.92 Å². The number of piperidine rings is 2. The molecule has 136 valence electrons. The lowest BCUT2D eigenvalue weighted by Crippen LogP contribution is -2.52. The molecule has 0 aromatic heterocycles. The summed E-state index contributed by atoms with van der Waals surface area (Å²) in [4.78, 5) is 31.5. The van der Waals surface area contributed by atoms with E-state index >= 15 is 0 Å². The molecule has 0 spiro atoms. The van der Waals surface area contributed by atoms with Crippen molar-refractivity contribution < 1.29 is 14.3 Å². The predicted molar refractivity (Wildman–Crippen MR) is 91.6 cm³/mol. The van der Waals surface area contributed by atoms with Crippen LogP contribution in [0.2, 0.25) is 0 Å². The van der Waals surface area contributed by atoms with E-state index in [1.807, 2.05) is 16.7 Å². The standard InChI is InChI=1S/C18H31N3O3/c1-15(17(22)20-7-3-2-4-8-20)19-9-5-16(6-10-19)18(23)21-11-13-24-14-12-21/h15-16H,2-14H2,1H3. The molecule has 0 N–H and O–H groups in total. The maximum absolute atomic E-state index is 12.7. The Morgan fingerprint density at radius 2 is 1.50 bits per heavy atom. The summed E-state index contributed by atoms with van der Waals surface area (Å²) < 4.78 is 5.33. The molecular weight excluding hydrogens is 306 g/mol. The van der Waals surface area contributed by atoms with Crippen LogP contribution >= 0.6 is 0 Å². The van der Waals surface area contributed by atoms with Crippen molar-refractivity contribution in [1.82, 2.24) is 14.7 Å². The second-order valence-electron chi connectivity index (χ2n) is 7.31. The molecule has 1 atom stereocenters. The predicted octanol–water partition coefficient (Wildman–Crippen LogP) is 0.958. The normalized spacial score (nSPS) is 25.5. The lowest BCUT2D eigenvalue weighted by atomic mass is 9.94. The van der Waals surface area contributed by atoms with Gasteiger partial charge in [-0.2, -0.15) is 0 Å². The van der Waals surface area contributed by atoms with E-state index in [1.54, 1.807) is 0 Å². The van der Waals surface area contributed by atoms with Crippen molar-refractivity contribution in [1.29, 1.82) is 0 Å². The van der Waals surface area contributed by atoms with Gasteiger partial charge < -0.3 is 14.5 Å². The monoisotopic (exact) mass is 337 g/mol. The first-order valence-electron chi connectivity index (χ1n) is 9.56. The van der Waals surface area contributed by atoms with Crippen LogP contribution in [-0.2, 0) is 14.3 Å². The van der Waals surface area contributed by atoms with Crippen LogP contribution in [0.3, 0.4) is 0 Å². The molecule has 0 saturated carbocycles. The van der Waals surface area contributed by atoms with Gasteiger partial charge in [-0.25, -0.2) is 0 Å². The zero-order valence-electron chi connectivity index (χ0n) is 14.9. The summed E-state index contributed by atoms with van der Waals surface area (Å²) in [6, 6.07) is -0.0532. The van der Waals surface area contributed by atoms with Crippen LogP contribution in [0.1, 0.15) is 39.0 Å². The summed E-state index contributed by atoms with van der Waals surface area (Å²) in [5, 5.41) is 0. The van der Waals surface area contributed by atoms with E-state index in [-0.39, 0.29) is 23.8 Å². The Kier molecular flexibility index (Phi) is 6.11. The number of hydrogen-bond donors (Lipinski definition) is 0. The third-order valence-electron chi connectivity index (χ3n) is 5.77. The smallest absolute Gasteiger partial charge is 0.239 e. The molecule has 3 aliphatic heterocycles. The second kappa shape index (κ2) is 8.30. The van der Waals surface area contributed by atoms with Gasteiger partial charge in [-0.3, -0.25) is 14.5 Å². The molecule has 24 heavy (non-hydrogen) atoms. The highest BCUT2D eigenvalue weighted by molar-refractivity contribution is 5.82. The fourth-order valence-electron chi connectivity index (χ4n) is 4.11. The number of amides is 2. The molecule has 6 nitrogen and oxygen atoms in total. The molecule has 3 fully saturated rings. The number of morpholine rings is 1. The molecule has 0 aliphatic carbocycles. The molecule has 3 aliphatic rings. The van der Waals surface area contributed by atoms with Gasteiger partial charge in [0.1, 0.15) is 0 Å². The van der Waals surface area contributed by atoms with Gasteiger partial charge in [0.25, 0.3) is 0 Å². The van der Waals surface area contributed by atoms with Crippen molar-refractivity contribution in [2.45, 2.75) is 45.1 Å². The Morgan fingerprint density at radius 1 is 0.875 bits per heavy atom. The number of carbonyl (C=O) groups is 2. The summed E-state index contributed by atoms with van der Waals surface area (Å²) >= 11 is 0. The van der Waals surface area contributed by atoms with Crippen molar-refractivity contribution in [3.05, 3.63) is 0 Å². The highest BCUT2D eigenvalue weighted by Crippen LogP contribution is 2.23. The van der Waals surface area contributed by atoms with Gasteiger partial charge in [-0.05, 0) is 52.1 Å². The molecule has 3 rings (SSSR count). The lowest BCUT2D eigenvalue weighted by molar-refractivity contribution is -0.142. The van der Waals surface area contributed by atoms with Crippen LogP contribution in [-0.4, -0.2) is 85.0 Å². The summed E-state index contributed by atoms with van der Waals surface area (Å²) in [5.74, 6) is 0.678. The minimum Gasteiger partial charge on any atom is -0.378 e. The SMILES string of the molecule is CC(C(=O)N1CCCCC1)N1CCC(C(=O)N2CCOCC2)CC1. The Labute approximate surface area is 145 Å². The molecule has 0 radical (unpaired) electrons. The zero-order chi connectivity index (χ0) is 16.9. The fraction of sp³-hybridized carbons (Fsp3) is 0.889. The molecule has 0 aromatic carbocycles. The van der Waals surface area contributed by atoms with Gasteiger partial charge in [0, 0.05) is 32.1 Å². The Morgan fingerprint density at radius 3 is 2.12 bits per heavy atom. The average Bonchev–Trinajstić information content (AvgIpc) is 2.68. The van der Waals surface area contributed by atoms with Gasteiger partial charge in [-0.15, -0.1) is 0 Å². The Balaban J connectivity index is 1.47. The van der Waals surface area contributed by atoms with Crippen LogP contribution in [0.5, 0.6) is 0 Å². The van der Waals surface area contributed by atoms with E-state index < -0.39 is 0 Å². The van der Waals surface area contributed by atoms with E-state index in [9.17, 15) is 9.59 Å². The molecule has 0 bridgehead atoms. The molecular formula is C18H31N3O3. The van der Waals surface area contributed by atoms with Gasteiger partial charge in [0.2, 0.25) is 11.8 Å². The summed E-state index contributed by atoms with van der Waals surface area (Å²) in [5.41, 5.74) is 0. The molecule has 3 saturated heterocycles. The highest BCUT2D eigenvalue weighted by atomic mass is 16.5. The zero-order valence-corrected chi connectivity index (χ0v) is 14.9. The second-order valence-corrected chi connectivity index (χ2v) is 7.31. The summed E-state index contributed by atoms with van der Waals surface area (Å²) in [6.45, 7) is 8.32. The fourth-order valence-corrected chi connectivity index (χ4v) is 4.11. The maximum atomic E-state index is 12.7. The number of likely N-dealkylation sites (tertiary alicyclic amines) is 2. The Bertz CT molecular complexity index is 437. The average molecular weight is 337 g/mol. The number of ether oxygens (including phenoxy) is 1. The van der Waals surface area contributed by atoms with Crippen LogP contribution < -0.4 is 0 Å². The molecule has 6 heteroatoms. The maximum Gasteiger partial charge on any atom is 0.239 e. The molecule has 3 heterocycles. The van der Waals surface area contributed by atoms with Crippen molar-refractivity contribution in [3.63, 3.8) is 0 Å². The summed E-state index contributed by atoms with van der Waals surface area (Å²) in [7, 11) is 0. The minimum absolute atomic E-state index is 0.0532. The van der Waals surface area contributed by atoms with Gasteiger partial charge in [0.05, 0.1) is 19.3 Å². The molecule has 0 aromatic rings. The van der Waals surface area contributed by atoms with E-state index in [1.165, 1.54) is 6.42 Å². The highest BCUT2D eigenvalue weighted by Gasteiger charge is 2.33. The molecule has 2 amide bonds. The third kappa shape index (κ3) is 4.09. The van der Waals surface area contributed by atoms with Gasteiger partial charge in [-0.1, -0.05) is 0 Å². The van der Waals surface area contributed by atoms with Crippen LogP contribution in [0.4, 0.5) is 0 Å². The molecule has 1 unspecified atom stereocenters. The first-order valence-corrected chi connectivity index (χ1v) is 9.56. The van der Waals surface area contributed by atoms with Crippen molar-refractivity contribution in [3.8, 4) is 0 Å². The third-order valence-corrected chi connectivity index (χ3v) is 5.77. The van der Waals surface area contributed by atoms with Crippen molar-refractivity contribution >= 4 is 11.8 Å². The first kappa shape index (κ1) is 17.7. The quantitative estimate of drug-likeness (QED) is 0.770. The Hall–Kier alpha value is -1.14. The lowest BCUT2D eigenvalue weighted by Gasteiger charge is -2.39. The van der Waals surface area contributed by atoms with Crippen molar-refractivity contribution in [2.75, 3.05) is 52.5 Å². The number of rotatable bonds is 3. The van der Waals surface area contributed by atoms with Crippen LogP contribution in [0.25, 0.3) is 0 Å². The van der Waals surface area contributed by atoms with Crippen LogP contribution in [0.15, 0.2) is 0 Å². The number of nitrogens with zero attached hydrogens (tertiary/aromatic N) is 3. The van der Waals surface area contributed by atoms with E-state index in [0.29, 0.717) is 13.2 Å². The van der Waals surface area contributed by atoms with E-state index in [2.05, 4.69) is 4.90 Å². The van der Waals surface area contributed by atoms with Gasteiger partial charge in [0.15, 0.2) is 0 Å².